The molecule has 1 aromatic rings. The van der Waals surface area contributed by atoms with Crippen LogP contribution in [0.1, 0.15) is 45.1 Å². The van der Waals surface area contributed by atoms with Crippen LogP contribution in [0, 0.1) is 0 Å². The van der Waals surface area contributed by atoms with E-state index in [0.29, 0.717) is 18.9 Å². The van der Waals surface area contributed by atoms with Gasteiger partial charge in [-0.1, -0.05) is 37.3 Å². The molecule has 0 aromatic heterocycles. The average Bonchev–Trinajstić information content (AvgIpc) is 2.54. The quantitative estimate of drug-likeness (QED) is 0.323. The number of rotatable bonds is 9. The first-order valence-electron chi connectivity index (χ1n) is 8.63. The Bertz CT molecular complexity index is 606. The second-order valence-electron chi connectivity index (χ2n) is 6.20. The van der Waals surface area contributed by atoms with Gasteiger partial charge < -0.3 is 10.6 Å². The molecule has 144 valence electrons. The molecular formula is C18H32IN3O2S. The molecule has 2 unspecified atom stereocenters. The molecule has 0 fully saturated rings. The van der Waals surface area contributed by atoms with Crippen LogP contribution in [0.2, 0.25) is 0 Å². The van der Waals surface area contributed by atoms with E-state index in [9.17, 15) is 8.42 Å². The molecule has 2 atom stereocenters. The Morgan fingerprint density at radius 1 is 1.20 bits per heavy atom. The maximum absolute atomic E-state index is 11.3. The van der Waals surface area contributed by atoms with E-state index in [1.807, 2.05) is 19.9 Å². The topological polar surface area (TPSA) is 70.6 Å². The number of hydrogen-bond acceptors (Lipinski definition) is 3. The summed E-state index contributed by atoms with van der Waals surface area (Å²) in [6.45, 7) is 7.64. The highest BCUT2D eigenvalue weighted by atomic mass is 127. The Balaban J connectivity index is 0.00000576. The van der Waals surface area contributed by atoms with E-state index >= 15 is 0 Å². The van der Waals surface area contributed by atoms with Gasteiger partial charge in [-0.05, 0) is 32.3 Å². The highest BCUT2D eigenvalue weighted by Gasteiger charge is 2.11. The second-order valence-corrected chi connectivity index (χ2v) is 8.46. The molecule has 0 amide bonds. The third-order valence-electron chi connectivity index (χ3n) is 3.88. The smallest absolute Gasteiger partial charge is 0.191 e. The van der Waals surface area contributed by atoms with Crippen molar-refractivity contribution < 1.29 is 8.42 Å². The zero-order valence-corrected chi connectivity index (χ0v) is 18.8. The van der Waals surface area contributed by atoms with E-state index < -0.39 is 9.84 Å². The van der Waals surface area contributed by atoms with Gasteiger partial charge in [-0.15, -0.1) is 24.0 Å². The zero-order valence-electron chi connectivity index (χ0n) is 15.7. The molecule has 1 aromatic carbocycles. The largest absolute Gasteiger partial charge is 0.357 e. The summed E-state index contributed by atoms with van der Waals surface area (Å²) in [6.07, 6.45) is 2.86. The molecule has 2 N–H and O–H groups in total. The molecule has 25 heavy (non-hydrogen) atoms. The van der Waals surface area contributed by atoms with Gasteiger partial charge in [-0.25, -0.2) is 8.42 Å². The summed E-state index contributed by atoms with van der Waals surface area (Å²) < 4.78 is 22.6. The minimum Gasteiger partial charge on any atom is -0.357 e. The molecule has 0 heterocycles. The lowest BCUT2D eigenvalue weighted by molar-refractivity contribution is 0.580. The van der Waals surface area contributed by atoms with Gasteiger partial charge in [0.05, 0.1) is 5.75 Å². The van der Waals surface area contributed by atoms with Gasteiger partial charge in [-0.2, -0.15) is 0 Å². The number of hydrogen-bond donors (Lipinski definition) is 2. The summed E-state index contributed by atoms with van der Waals surface area (Å²) in [6, 6.07) is 10.5. The van der Waals surface area contributed by atoms with Crippen LogP contribution in [-0.2, 0) is 9.84 Å². The number of nitrogens with one attached hydrogen (secondary N) is 2. The van der Waals surface area contributed by atoms with Gasteiger partial charge in [0, 0.05) is 31.3 Å². The van der Waals surface area contributed by atoms with Crippen LogP contribution >= 0.6 is 24.0 Å². The van der Waals surface area contributed by atoms with Gasteiger partial charge in [0.25, 0.3) is 0 Å². The Hall–Kier alpha value is -0.830. The molecule has 5 nitrogen and oxygen atoms in total. The minimum atomic E-state index is -2.93. The Labute approximate surface area is 170 Å². The van der Waals surface area contributed by atoms with Crippen molar-refractivity contribution in [3.8, 4) is 0 Å². The number of guanidine groups is 1. The second kappa shape index (κ2) is 12.5. The van der Waals surface area contributed by atoms with Crippen molar-refractivity contribution in [1.29, 1.82) is 0 Å². The Morgan fingerprint density at radius 3 is 2.36 bits per heavy atom. The fourth-order valence-corrected chi connectivity index (χ4v) is 3.20. The lowest BCUT2D eigenvalue weighted by atomic mass is 9.97. The van der Waals surface area contributed by atoms with E-state index in [0.717, 1.165) is 18.9 Å². The summed E-state index contributed by atoms with van der Waals surface area (Å²) in [5, 5.41) is 6.53. The number of sulfone groups is 1. The van der Waals surface area contributed by atoms with E-state index in [1.165, 1.54) is 11.8 Å². The van der Waals surface area contributed by atoms with Crippen LogP contribution in [0.5, 0.6) is 0 Å². The molecule has 0 saturated heterocycles. The highest BCUT2D eigenvalue weighted by Crippen LogP contribution is 2.19. The Kier molecular flexibility index (Phi) is 12.1. The number of halogens is 1. The summed E-state index contributed by atoms with van der Waals surface area (Å²) in [7, 11) is -2.93. The van der Waals surface area contributed by atoms with Gasteiger partial charge in [0.15, 0.2) is 5.96 Å². The van der Waals surface area contributed by atoms with Gasteiger partial charge in [0.1, 0.15) is 9.84 Å². The number of aliphatic imine (C=N–C) groups is 1. The molecule has 1 rings (SSSR count). The summed E-state index contributed by atoms with van der Waals surface area (Å²) in [5.74, 6) is 1.31. The van der Waals surface area contributed by atoms with Crippen molar-refractivity contribution in [1.82, 2.24) is 10.6 Å². The van der Waals surface area contributed by atoms with Crippen molar-refractivity contribution in [2.75, 3.05) is 25.1 Å². The summed E-state index contributed by atoms with van der Waals surface area (Å²) >= 11 is 0. The monoisotopic (exact) mass is 481 g/mol. The number of benzene rings is 1. The van der Waals surface area contributed by atoms with Crippen LogP contribution in [0.25, 0.3) is 0 Å². The zero-order chi connectivity index (χ0) is 18.0. The lowest BCUT2D eigenvalue weighted by Crippen LogP contribution is -2.43. The molecular weight excluding hydrogens is 449 g/mol. The van der Waals surface area contributed by atoms with E-state index in [4.69, 9.17) is 4.99 Å². The first-order valence-corrected chi connectivity index (χ1v) is 10.7. The standard InChI is InChI=1S/C18H31N3O2S.HI/c1-5-16(17-10-8-7-9-11-17)14-20-18(19-6-2)21-15(3)12-13-24(4,22)23;/h7-11,15-16H,5-6,12-14H2,1-4H3,(H2,19,20,21);1H. The maximum atomic E-state index is 11.3. The van der Waals surface area contributed by atoms with Gasteiger partial charge >= 0.3 is 0 Å². The minimum absolute atomic E-state index is 0. The van der Waals surface area contributed by atoms with Crippen LogP contribution in [-0.4, -0.2) is 45.5 Å². The third-order valence-corrected chi connectivity index (χ3v) is 4.86. The SMILES string of the molecule is CCNC(=NCC(CC)c1ccccc1)NC(C)CCS(C)(=O)=O.I. The van der Waals surface area contributed by atoms with Gasteiger partial charge in [0.2, 0.25) is 0 Å². The molecule has 7 heteroatoms. The molecule has 0 aliphatic heterocycles. The fraction of sp³-hybridized carbons (Fsp3) is 0.611. The molecule has 0 bridgehead atoms. The molecule has 0 aliphatic rings. The van der Waals surface area contributed by atoms with Crippen molar-refractivity contribution in [2.45, 2.75) is 45.6 Å². The van der Waals surface area contributed by atoms with Crippen LogP contribution < -0.4 is 10.6 Å². The predicted octanol–water partition coefficient (Wildman–Crippen LogP) is 3.18. The molecule has 0 radical (unpaired) electrons. The summed E-state index contributed by atoms with van der Waals surface area (Å²) in [4.78, 5) is 4.69. The number of nitrogens with zero attached hydrogens (tertiary/aromatic N) is 1. The normalized spacial score (nSPS) is 14.3. The third kappa shape index (κ3) is 10.7. The van der Waals surface area contributed by atoms with Crippen molar-refractivity contribution in [3.05, 3.63) is 35.9 Å². The van der Waals surface area contributed by atoms with Crippen molar-refractivity contribution >= 4 is 39.8 Å². The summed E-state index contributed by atoms with van der Waals surface area (Å²) in [5.41, 5.74) is 1.30. The first kappa shape index (κ1) is 24.2. The van der Waals surface area contributed by atoms with E-state index in [1.54, 1.807) is 0 Å². The molecule has 0 spiro atoms. The van der Waals surface area contributed by atoms with Crippen molar-refractivity contribution in [3.63, 3.8) is 0 Å². The molecule has 0 aliphatic carbocycles. The molecule has 0 saturated carbocycles. The first-order chi connectivity index (χ1) is 11.4. The van der Waals surface area contributed by atoms with E-state index in [-0.39, 0.29) is 35.8 Å². The van der Waals surface area contributed by atoms with Crippen LogP contribution in [0.3, 0.4) is 0 Å². The van der Waals surface area contributed by atoms with E-state index in [2.05, 4.69) is 41.8 Å². The fourth-order valence-electron chi connectivity index (χ4n) is 2.41. The van der Waals surface area contributed by atoms with Crippen LogP contribution in [0.4, 0.5) is 0 Å². The average molecular weight is 481 g/mol. The maximum Gasteiger partial charge on any atom is 0.191 e. The predicted molar refractivity (Wildman–Crippen MR) is 118 cm³/mol. The highest BCUT2D eigenvalue weighted by molar-refractivity contribution is 14.0. The Morgan fingerprint density at radius 2 is 1.84 bits per heavy atom. The van der Waals surface area contributed by atoms with Gasteiger partial charge in [-0.3, -0.25) is 4.99 Å². The van der Waals surface area contributed by atoms with Crippen molar-refractivity contribution in [2.24, 2.45) is 4.99 Å². The lowest BCUT2D eigenvalue weighted by Gasteiger charge is -2.19. The van der Waals surface area contributed by atoms with Crippen LogP contribution in [0.15, 0.2) is 35.3 Å².